The molecule has 1 aliphatic heterocycles. The number of imidazole rings is 1. The number of pyridine rings is 1. The van der Waals surface area contributed by atoms with E-state index in [1.54, 1.807) is 29.8 Å². The number of likely N-dealkylation sites (tertiary alicyclic amines) is 1. The van der Waals surface area contributed by atoms with Crippen LogP contribution < -0.4 is 5.32 Å². The number of amides is 1. The molecule has 1 amide bonds. The minimum atomic E-state index is -0.148. The molecule has 7 heteroatoms. The summed E-state index contributed by atoms with van der Waals surface area (Å²) in [6.07, 6.45) is 9.76. The van der Waals surface area contributed by atoms with Gasteiger partial charge in [0.05, 0.1) is 12.2 Å². The largest absolute Gasteiger partial charge is 0.331 e. The number of hydrogen-bond acceptors (Lipinski definition) is 5. The molecule has 1 saturated heterocycles. The summed E-state index contributed by atoms with van der Waals surface area (Å²) in [5.74, 6) is 0.311. The summed E-state index contributed by atoms with van der Waals surface area (Å²) in [5.41, 5.74) is 1.12. The molecule has 3 rings (SSSR count). The Balaban J connectivity index is 1.58. The Morgan fingerprint density at radius 3 is 3.00 bits per heavy atom. The van der Waals surface area contributed by atoms with Gasteiger partial charge in [0.2, 0.25) is 5.91 Å². The van der Waals surface area contributed by atoms with Crippen molar-refractivity contribution in [3.8, 4) is 6.19 Å². The van der Waals surface area contributed by atoms with Crippen LogP contribution in [0, 0.1) is 17.4 Å². The van der Waals surface area contributed by atoms with Gasteiger partial charge in [0, 0.05) is 38.2 Å². The number of rotatable bonds is 4. The molecule has 1 aliphatic rings. The van der Waals surface area contributed by atoms with Crippen molar-refractivity contribution < 1.29 is 4.79 Å². The fourth-order valence-corrected chi connectivity index (χ4v) is 2.50. The molecule has 0 radical (unpaired) electrons. The molecule has 0 bridgehead atoms. The summed E-state index contributed by atoms with van der Waals surface area (Å²) in [6.45, 7) is 1.81. The summed E-state index contributed by atoms with van der Waals surface area (Å²) in [4.78, 5) is 21.9. The van der Waals surface area contributed by atoms with E-state index in [0.29, 0.717) is 31.9 Å². The maximum atomic E-state index is 12.1. The minimum Gasteiger partial charge on any atom is -0.331 e. The molecule has 1 N–H and O–H groups in total. The summed E-state index contributed by atoms with van der Waals surface area (Å²) in [6, 6.07) is 3.88. The van der Waals surface area contributed by atoms with Crippen molar-refractivity contribution in [1.29, 1.82) is 5.26 Å². The van der Waals surface area contributed by atoms with E-state index in [1.165, 1.54) is 0 Å². The molecule has 1 atom stereocenters. The van der Waals surface area contributed by atoms with E-state index in [-0.39, 0.29) is 11.8 Å². The van der Waals surface area contributed by atoms with Crippen LogP contribution in [0.15, 0.2) is 37.1 Å². The summed E-state index contributed by atoms with van der Waals surface area (Å²) < 4.78 is 1.90. The molecular weight excluding hydrogens is 280 g/mol. The third-order valence-corrected chi connectivity index (χ3v) is 3.70. The molecule has 0 unspecified atom stereocenters. The molecule has 22 heavy (non-hydrogen) atoms. The molecule has 1 fully saturated rings. The van der Waals surface area contributed by atoms with Crippen LogP contribution in [-0.4, -0.2) is 38.4 Å². The van der Waals surface area contributed by atoms with Crippen LogP contribution in [-0.2, 0) is 11.3 Å². The van der Waals surface area contributed by atoms with Gasteiger partial charge in [-0.15, -0.1) is 0 Å². The summed E-state index contributed by atoms with van der Waals surface area (Å²) in [7, 11) is 0. The van der Waals surface area contributed by atoms with Gasteiger partial charge in [0.25, 0.3) is 0 Å². The van der Waals surface area contributed by atoms with Gasteiger partial charge < -0.3 is 14.8 Å². The van der Waals surface area contributed by atoms with Crippen LogP contribution in [0.1, 0.15) is 12.0 Å². The fourth-order valence-electron chi connectivity index (χ4n) is 2.50. The standard InChI is InChI=1S/C15H16N6O/c16-10-20-6-3-13(8-20)15(22)19-14-9-21(11-18-14)7-12-1-4-17-5-2-12/h1-2,4-5,9,11,13H,3,6-8H2,(H,19,22)/t13-/m0/s1. The van der Waals surface area contributed by atoms with E-state index in [1.807, 2.05) is 16.7 Å². The highest BCUT2D eigenvalue weighted by molar-refractivity contribution is 5.91. The number of nitrogens with zero attached hydrogens (tertiary/aromatic N) is 5. The van der Waals surface area contributed by atoms with E-state index in [9.17, 15) is 4.79 Å². The zero-order valence-corrected chi connectivity index (χ0v) is 12.0. The van der Waals surface area contributed by atoms with Crippen molar-refractivity contribution in [2.75, 3.05) is 18.4 Å². The van der Waals surface area contributed by atoms with Gasteiger partial charge >= 0.3 is 0 Å². The topological polar surface area (TPSA) is 86.8 Å². The number of carbonyl (C=O) groups is 1. The Bertz CT molecular complexity index is 690. The van der Waals surface area contributed by atoms with E-state index in [0.717, 1.165) is 5.56 Å². The molecule has 3 heterocycles. The maximum absolute atomic E-state index is 12.1. The first-order valence-corrected chi connectivity index (χ1v) is 7.11. The molecular formula is C15H16N6O. The Hall–Kier alpha value is -2.88. The minimum absolute atomic E-state index is 0.0769. The van der Waals surface area contributed by atoms with Crippen LogP contribution >= 0.6 is 0 Å². The Morgan fingerprint density at radius 1 is 1.45 bits per heavy atom. The zero-order valence-electron chi connectivity index (χ0n) is 12.0. The highest BCUT2D eigenvalue weighted by Gasteiger charge is 2.28. The first-order valence-electron chi connectivity index (χ1n) is 7.11. The SMILES string of the molecule is N#CN1CC[C@H](C(=O)Nc2cn(Cc3ccncc3)cn2)C1. The van der Waals surface area contributed by atoms with Crippen molar-refractivity contribution in [2.24, 2.45) is 5.92 Å². The molecule has 7 nitrogen and oxygen atoms in total. The maximum Gasteiger partial charge on any atom is 0.230 e. The number of hydrogen-bond donors (Lipinski definition) is 1. The molecule has 0 spiro atoms. The van der Waals surface area contributed by atoms with Crippen LogP contribution in [0.4, 0.5) is 5.82 Å². The number of nitriles is 1. The van der Waals surface area contributed by atoms with E-state index < -0.39 is 0 Å². The van der Waals surface area contributed by atoms with E-state index in [4.69, 9.17) is 5.26 Å². The lowest BCUT2D eigenvalue weighted by molar-refractivity contribution is -0.119. The average Bonchev–Trinajstić information content (AvgIpc) is 3.17. The third-order valence-electron chi connectivity index (χ3n) is 3.70. The smallest absolute Gasteiger partial charge is 0.230 e. The molecule has 0 saturated carbocycles. The van der Waals surface area contributed by atoms with Crippen molar-refractivity contribution in [3.63, 3.8) is 0 Å². The molecule has 0 aromatic carbocycles. The second kappa shape index (κ2) is 6.26. The number of carbonyl (C=O) groups excluding carboxylic acids is 1. The second-order valence-corrected chi connectivity index (χ2v) is 5.31. The lowest BCUT2D eigenvalue weighted by Gasteiger charge is -2.08. The highest BCUT2D eigenvalue weighted by Crippen LogP contribution is 2.17. The predicted octanol–water partition coefficient (Wildman–Crippen LogP) is 1.07. The van der Waals surface area contributed by atoms with Crippen molar-refractivity contribution in [3.05, 3.63) is 42.6 Å². The fraction of sp³-hybridized carbons (Fsp3) is 0.333. The lowest BCUT2D eigenvalue weighted by Crippen LogP contribution is -2.25. The van der Waals surface area contributed by atoms with Crippen LogP contribution in [0.2, 0.25) is 0 Å². The van der Waals surface area contributed by atoms with Crippen LogP contribution in [0.3, 0.4) is 0 Å². The first kappa shape index (κ1) is 14.1. The Labute approximate surface area is 128 Å². The van der Waals surface area contributed by atoms with Gasteiger partial charge in [-0.05, 0) is 24.1 Å². The van der Waals surface area contributed by atoms with Crippen molar-refractivity contribution >= 4 is 11.7 Å². The number of aromatic nitrogens is 3. The Kier molecular flexibility index (Phi) is 4.01. The van der Waals surface area contributed by atoms with Crippen LogP contribution in [0.25, 0.3) is 0 Å². The van der Waals surface area contributed by atoms with E-state index >= 15 is 0 Å². The van der Waals surface area contributed by atoms with E-state index in [2.05, 4.69) is 21.5 Å². The third kappa shape index (κ3) is 3.23. The second-order valence-electron chi connectivity index (χ2n) is 5.31. The predicted molar refractivity (Wildman–Crippen MR) is 79.5 cm³/mol. The van der Waals surface area contributed by atoms with Crippen LogP contribution in [0.5, 0.6) is 0 Å². The highest BCUT2D eigenvalue weighted by atomic mass is 16.2. The molecule has 2 aromatic rings. The number of anilines is 1. The van der Waals surface area contributed by atoms with Gasteiger partial charge in [-0.2, -0.15) is 5.26 Å². The van der Waals surface area contributed by atoms with Gasteiger partial charge in [-0.1, -0.05) is 0 Å². The molecule has 2 aromatic heterocycles. The van der Waals surface area contributed by atoms with Gasteiger partial charge in [0.15, 0.2) is 12.0 Å². The Morgan fingerprint density at radius 2 is 2.27 bits per heavy atom. The van der Waals surface area contributed by atoms with Crippen molar-refractivity contribution in [2.45, 2.75) is 13.0 Å². The first-order chi connectivity index (χ1) is 10.7. The lowest BCUT2D eigenvalue weighted by atomic mass is 10.1. The van der Waals surface area contributed by atoms with Gasteiger partial charge in [-0.3, -0.25) is 9.78 Å². The molecule has 112 valence electrons. The zero-order chi connectivity index (χ0) is 15.4. The summed E-state index contributed by atoms with van der Waals surface area (Å²) >= 11 is 0. The van der Waals surface area contributed by atoms with Gasteiger partial charge in [-0.25, -0.2) is 4.98 Å². The quantitative estimate of drug-likeness (QED) is 0.853. The summed E-state index contributed by atoms with van der Waals surface area (Å²) in [5, 5.41) is 11.6. The average molecular weight is 296 g/mol. The van der Waals surface area contributed by atoms with Gasteiger partial charge in [0.1, 0.15) is 0 Å². The normalized spacial score (nSPS) is 17.2. The monoisotopic (exact) mass is 296 g/mol. The van der Waals surface area contributed by atoms with Crippen molar-refractivity contribution in [1.82, 2.24) is 19.4 Å². The number of nitrogens with one attached hydrogen (secondary N) is 1. The molecule has 0 aliphatic carbocycles.